The molecule has 0 aromatic heterocycles. The molecule has 2 heteroatoms. The first kappa shape index (κ1) is 20.3. The van der Waals surface area contributed by atoms with Crippen LogP contribution in [0.1, 0.15) is 110 Å². The fourth-order valence-electron chi connectivity index (χ4n) is 2.77. The molecule has 0 bridgehead atoms. The van der Waals surface area contributed by atoms with E-state index in [0.29, 0.717) is 6.42 Å². The topological polar surface area (TPSA) is 26.3 Å². The second kappa shape index (κ2) is 14.8. The van der Waals surface area contributed by atoms with Crippen molar-refractivity contribution in [2.75, 3.05) is 0 Å². The van der Waals surface area contributed by atoms with E-state index in [1.807, 2.05) is 0 Å². The van der Waals surface area contributed by atoms with E-state index in [1.165, 1.54) is 77.0 Å². The van der Waals surface area contributed by atoms with Crippen LogP contribution in [0.2, 0.25) is 0 Å². The predicted molar refractivity (Wildman–Crippen MR) is 98.6 cm³/mol. The van der Waals surface area contributed by atoms with Gasteiger partial charge in [0.15, 0.2) is 0 Å². The van der Waals surface area contributed by atoms with Crippen molar-refractivity contribution >= 4 is 5.97 Å². The molecule has 1 saturated carbocycles. The third-order valence-electron chi connectivity index (χ3n) is 4.47. The molecule has 0 aromatic carbocycles. The van der Waals surface area contributed by atoms with Gasteiger partial charge in [0.2, 0.25) is 0 Å². The molecule has 0 atom stereocenters. The van der Waals surface area contributed by atoms with Gasteiger partial charge in [-0.1, -0.05) is 70.4 Å². The van der Waals surface area contributed by atoms with Gasteiger partial charge in [0, 0.05) is 6.42 Å². The van der Waals surface area contributed by atoms with Crippen molar-refractivity contribution in [3.05, 3.63) is 12.2 Å². The van der Waals surface area contributed by atoms with Crippen LogP contribution in [-0.4, -0.2) is 12.1 Å². The fraction of sp³-hybridized carbons (Fsp3) is 0.857. The van der Waals surface area contributed by atoms with Gasteiger partial charge in [-0.25, -0.2) is 0 Å². The molecule has 1 aliphatic carbocycles. The Balaban J connectivity index is 1.71. The van der Waals surface area contributed by atoms with Crippen molar-refractivity contribution in [2.45, 2.75) is 116 Å². The van der Waals surface area contributed by atoms with Crippen LogP contribution in [0.15, 0.2) is 12.2 Å². The molecule has 0 spiro atoms. The molecule has 1 aliphatic rings. The number of carbonyl (C=O) groups is 1. The van der Waals surface area contributed by atoms with Crippen molar-refractivity contribution in [3.8, 4) is 0 Å². The van der Waals surface area contributed by atoms with Gasteiger partial charge in [0.1, 0.15) is 6.10 Å². The van der Waals surface area contributed by atoms with Gasteiger partial charge in [-0.15, -0.1) is 0 Å². The number of allylic oxidation sites excluding steroid dienone is 2. The molecule has 23 heavy (non-hydrogen) atoms. The van der Waals surface area contributed by atoms with Crippen LogP contribution in [-0.2, 0) is 9.53 Å². The summed E-state index contributed by atoms with van der Waals surface area (Å²) in [6, 6.07) is 0. The molecule has 0 saturated heterocycles. The second-order valence-electron chi connectivity index (χ2n) is 7.02. The summed E-state index contributed by atoms with van der Waals surface area (Å²) in [5, 5.41) is 0. The number of hydrogen-bond acceptors (Lipinski definition) is 2. The number of hydrogen-bond donors (Lipinski definition) is 0. The Morgan fingerprint density at radius 3 is 1.91 bits per heavy atom. The normalized spacial score (nSPS) is 14.5. The van der Waals surface area contributed by atoms with Crippen LogP contribution in [0.5, 0.6) is 0 Å². The molecule has 0 N–H and O–H groups in total. The van der Waals surface area contributed by atoms with E-state index in [4.69, 9.17) is 4.74 Å². The molecule has 0 heterocycles. The van der Waals surface area contributed by atoms with Crippen LogP contribution in [0.3, 0.4) is 0 Å². The molecule has 1 rings (SSSR count). The lowest BCUT2D eigenvalue weighted by atomic mass is 10.1. The van der Waals surface area contributed by atoms with Gasteiger partial charge in [-0.3, -0.25) is 4.79 Å². The van der Waals surface area contributed by atoms with Gasteiger partial charge in [0.05, 0.1) is 0 Å². The van der Waals surface area contributed by atoms with E-state index in [0.717, 1.165) is 19.3 Å². The average molecular weight is 323 g/mol. The van der Waals surface area contributed by atoms with Gasteiger partial charge >= 0.3 is 5.97 Å². The Labute approximate surface area is 144 Å². The average Bonchev–Trinajstić information content (AvgIpc) is 3.35. The molecule has 2 nitrogen and oxygen atoms in total. The zero-order chi connectivity index (χ0) is 16.6. The van der Waals surface area contributed by atoms with Gasteiger partial charge in [-0.2, -0.15) is 0 Å². The summed E-state index contributed by atoms with van der Waals surface area (Å²) >= 11 is 0. The molecule has 1 fully saturated rings. The molecule has 0 unspecified atom stereocenters. The van der Waals surface area contributed by atoms with Gasteiger partial charge in [-0.05, 0) is 44.9 Å². The highest BCUT2D eigenvalue weighted by Crippen LogP contribution is 2.24. The number of ether oxygens (including phenoxy) is 1. The monoisotopic (exact) mass is 322 g/mol. The highest BCUT2D eigenvalue weighted by atomic mass is 16.5. The minimum Gasteiger partial charge on any atom is -0.462 e. The van der Waals surface area contributed by atoms with E-state index in [2.05, 4.69) is 19.1 Å². The molecular formula is C21H38O2. The lowest BCUT2D eigenvalue weighted by Crippen LogP contribution is -2.05. The summed E-state index contributed by atoms with van der Waals surface area (Å²) in [6.07, 6.45) is 24.6. The minimum atomic E-state index is 0.0186. The van der Waals surface area contributed by atoms with E-state index >= 15 is 0 Å². The number of rotatable bonds is 16. The second-order valence-corrected chi connectivity index (χ2v) is 7.02. The largest absolute Gasteiger partial charge is 0.462 e. The standard InChI is InChI=1S/C21H38O2/c1-2-3-4-5-6-7-8-9-10-11-12-13-14-15-16-17-21(22)23-20-18-19-20/h9-10,20H,2-8,11-19H2,1H3/b10-9+. The SMILES string of the molecule is CCCCCCCC/C=C/CCCCCCCC(=O)OC1CC1. The van der Waals surface area contributed by atoms with E-state index in [-0.39, 0.29) is 12.1 Å². The summed E-state index contributed by atoms with van der Waals surface area (Å²) in [5.74, 6) is 0.0186. The van der Waals surface area contributed by atoms with Crippen molar-refractivity contribution in [1.29, 1.82) is 0 Å². The lowest BCUT2D eigenvalue weighted by molar-refractivity contribution is -0.145. The Hall–Kier alpha value is -0.790. The molecule has 134 valence electrons. The van der Waals surface area contributed by atoms with Gasteiger partial charge in [0.25, 0.3) is 0 Å². The first-order valence-corrected chi connectivity index (χ1v) is 10.2. The first-order chi connectivity index (χ1) is 11.3. The zero-order valence-electron chi connectivity index (χ0n) is 15.4. The third-order valence-corrected chi connectivity index (χ3v) is 4.47. The molecule has 0 radical (unpaired) electrons. The van der Waals surface area contributed by atoms with Crippen molar-refractivity contribution in [3.63, 3.8) is 0 Å². The molecule has 0 aliphatic heterocycles. The maximum atomic E-state index is 11.4. The zero-order valence-corrected chi connectivity index (χ0v) is 15.4. The summed E-state index contributed by atoms with van der Waals surface area (Å²) in [7, 11) is 0. The summed E-state index contributed by atoms with van der Waals surface area (Å²) in [6.45, 7) is 2.27. The number of carbonyl (C=O) groups excluding carboxylic acids is 1. The van der Waals surface area contributed by atoms with Crippen molar-refractivity contribution in [2.24, 2.45) is 0 Å². The lowest BCUT2D eigenvalue weighted by Gasteiger charge is -2.02. The quantitative estimate of drug-likeness (QED) is 0.179. The van der Waals surface area contributed by atoms with Gasteiger partial charge < -0.3 is 4.74 Å². The van der Waals surface area contributed by atoms with Crippen LogP contribution in [0.25, 0.3) is 0 Å². The van der Waals surface area contributed by atoms with E-state index in [1.54, 1.807) is 0 Å². The molecular weight excluding hydrogens is 284 g/mol. The maximum absolute atomic E-state index is 11.4. The third kappa shape index (κ3) is 14.5. The van der Waals surface area contributed by atoms with Crippen LogP contribution in [0, 0.1) is 0 Å². The highest BCUT2D eigenvalue weighted by molar-refractivity contribution is 5.69. The smallest absolute Gasteiger partial charge is 0.306 e. The summed E-state index contributed by atoms with van der Waals surface area (Å²) < 4.78 is 5.23. The predicted octanol–water partition coefficient (Wildman–Crippen LogP) is 6.73. The molecule has 0 amide bonds. The van der Waals surface area contributed by atoms with Crippen LogP contribution >= 0.6 is 0 Å². The van der Waals surface area contributed by atoms with Crippen LogP contribution < -0.4 is 0 Å². The maximum Gasteiger partial charge on any atom is 0.306 e. The van der Waals surface area contributed by atoms with E-state index in [9.17, 15) is 4.79 Å². The Bertz CT molecular complexity index is 305. The van der Waals surface area contributed by atoms with E-state index < -0.39 is 0 Å². The van der Waals surface area contributed by atoms with Crippen LogP contribution in [0.4, 0.5) is 0 Å². The highest BCUT2D eigenvalue weighted by Gasteiger charge is 2.25. The molecule has 0 aromatic rings. The summed E-state index contributed by atoms with van der Waals surface area (Å²) in [4.78, 5) is 11.4. The first-order valence-electron chi connectivity index (χ1n) is 10.2. The number of unbranched alkanes of at least 4 members (excludes halogenated alkanes) is 11. The Morgan fingerprint density at radius 2 is 1.35 bits per heavy atom. The fourth-order valence-corrected chi connectivity index (χ4v) is 2.77. The summed E-state index contributed by atoms with van der Waals surface area (Å²) in [5.41, 5.74) is 0. The van der Waals surface area contributed by atoms with Crippen molar-refractivity contribution < 1.29 is 9.53 Å². The Morgan fingerprint density at radius 1 is 0.826 bits per heavy atom. The Kier molecular flexibility index (Phi) is 13.0. The number of esters is 1. The van der Waals surface area contributed by atoms with Crippen molar-refractivity contribution in [1.82, 2.24) is 0 Å². The minimum absolute atomic E-state index is 0.0186.